The molecule has 0 fully saturated rings. The smallest absolute Gasteiger partial charge is 0.307 e. The molecule has 0 aliphatic heterocycles. The van der Waals surface area contributed by atoms with Crippen molar-refractivity contribution in [3.8, 4) is 5.75 Å². The van der Waals surface area contributed by atoms with Gasteiger partial charge < -0.3 is 14.8 Å². The van der Waals surface area contributed by atoms with Gasteiger partial charge in [0.15, 0.2) is 0 Å². The molecule has 5 heteroatoms. The lowest BCUT2D eigenvalue weighted by Gasteiger charge is -2.16. The van der Waals surface area contributed by atoms with Gasteiger partial charge in [0.05, 0.1) is 20.6 Å². The molecule has 0 spiro atoms. The SMILES string of the molecule is COC(=O)CC(CCc1ccc(OC)cc1)NC(C)=O. The third-order valence-corrected chi connectivity index (χ3v) is 2.99. The quantitative estimate of drug-likeness (QED) is 0.771. The van der Waals surface area contributed by atoms with E-state index in [1.807, 2.05) is 24.3 Å². The number of carbonyl (C=O) groups is 2. The number of hydrogen-bond donors (Lipinski definition) is 1. The first kappa shape index (κ1) is 16.0. The van der Waals surface area contributed by atoms with Gasteiger partial charge in [-0.25, -0.2) is 0 Å². The molecule has 1 aromatic rings. The molecule has 20 heavy (non-hydrogen) atoms. The van der Waals surface area contributed by atoms with E-state index >= 15 is 0 Å². The third-order valence-electron chi connectivity index (χ3n) is 2.99. The van der Waals surface area contributed by atoms with Gasteiger partial charge in [-0.15, -0.1) is 0 Å². The zero-order valence-corrected chi connectivity index (χ0v) is 12.1. The predicted octanol–water partition coefficient (Wildman–Crippen LogP) is 1.70. The highest BCUT2D eigenvalue weighted by Crippen LogP contribution is 2.14. The van der Waals surface area contributed by atoms with Crippen LogP contribution in [-0.4, -0.2) is 32.1 Å². The molecule has 0 saturated heterocycles. The van der Waals surface area contributed by atoms with Crippen LogP contribution in [0.15, 0.2) is 24.3 Å². The summed E-state index contributed by atoms with van der Waals surface area (Å²) in [6.45, 7) is 1.44. The van der Waals surface area contributed by atoms with Crippen LogP contribution < -0.4 is 10.1 Å². The second kappa shape index (κ2) is 8.19. The Morgan fingerprint density at radius 2 is 1.85 bits per heavy atom. The summed E-state index contributed by atoms with van der Waals surface area (Å²) in [6.07, 6.45) is 1.64. The van der Waals surface area contributed by atoms with Gasteiger partial charge in [-0.3, -0.25) is 9.59 Å². The van der Waals surface area contributed by atoms with Crippen molar-refractivity contribution in [1.82, 2.24) is 5.32 Å². The highest BCUT2D eigenvalue weighted by atomic mass is 16.5. The van der Waals surface area contributed by atoms with E-state index < -0.39 is 0 Å². The summed E-state index contributed by atoms with van der Waals surface area (Å²) in [5.74, 6) is 0.342. The summed E-state index contributed by atoms with van der Waals surface area (Å²) in [4.78, 5) is 22.4. The number of hydrogen-bond acceptors (Lipinski definition) is 4. The maximum absolute atomic E-state index is 11.3. The van der Waals surface area contributed by atoms with E-state index in [4.69, 9.17) is 4.74 Å². The second-order valence-corrected chi connectivity index (χ2v) is 4.56. The largest absolute Gasteiger partial charge is 0.497 e. The fraction of sp³-hybridized carbons (Fsp3) is 0.467. The lowest BCUT2D eigenvalue weighted by atomic mass is 10.0. The Bertz CT molecular complexity index is 442. The monoisotopic (exact) mass is 279 g/mol. The second-order valence-electron chi connectivity index (χ2n) is 4.56. The lowest BCUT2D eigenvalue weighted by molar-refractivity contribution is -0.141. The van der Waals surface area contributed by atoms with Gasteiger partial charge in [0, 0.05) is 13.0 Å². The molecule has 1 rings (SSSR count). The van der Waals surface area contributed by atoms with Gasteiger partial charge in [-0.05, 0) is 30.5 Å². The van der Waals surface area contributed by atoms with E-state index in [-0.39, 0.29) is 24.3 Å². The van der Waals surface area contributed by atoms with Crippen LogP contribution in [0.25, 0.3) is 0 Å². The van der Waals surface area contributed by atoms with Gasteiger partial charge in [0.2, 0.25) is 5.91 Å². The van der Waals surface area contributed by atoms with Crippen LogP contribution in [0, 0.1) is 0 Å². The van der Waals surface area contributed by atoms with Gasteiger partial charge in [0.25, 0.3) is 0 Å². The molecule has 0 aliphatic rings. The molecule has 0 radical (unpaired) electrons. The van der Waals surface area contributed by atoms with Crippen LogP contribution in [-0.2, 0) is 20.7 Å². The first-order chi connectivity index (χ1) is 9.55. The van der Waals surface area contributed by atoms with Crippen molar-refractivity contribution in [1.29, 1.82) is 0 Å². The van der Waals surface area contributed by atoms with Crippen molar-refractivity contribution in [3.05, 3.63) is 29.8 Å². The number of amides is 1. The molecular weight excluding hydrogens is 258 g/mol. The first-order valence-electron chi connectivity index (χ1n) is 6.52. The highest BCUT2D eigenvalue weighted by Gasteiger charge is 2.15. The number of nitrogens with one attached hydrogen (secondary N) is 1. The Kier molecular flexibility index (Phi) is 6.56. The molecule has 5 nitrogen and oxygen atoms in total. The number of rotatable bonds is 7. The number of aryl methyl sites for hydroxylation is 1. The molecular formula is C15H21NO4. The summed E-state index contributed by atoms with van der Waals surface area (Å²) in [7, 11) is 2.97. The molecule has 0 aromatic heterocycles. The van der Waals surface area contributed by atoms with Crippen molar-refractivity contribution >= 4 is 11.9 Å². The van der Waals surface area contributed by atoms with Crippen molar-refractivity contribution in [2.45, 2.75) is 32.2 Å². The van der Waals surface area contributed by atoms with Crippen LogP contribution >= 0.6 is 0 Å². The molecule has 0 bridgehead atoms. The zero-order chi connectivity index (χ0) is 15.0. The molecule has 1 atom stereocenters. The van der Waals surface area contributed by atoms with Crippen LogP contribution in [0.4, 0.5) is 0 Å². The summed E-state index contributed by atoms with van der Waals surface area (Å²) in [5.41, 5.74) is 1.13. The molecule has 1 unspecified atom stereocenters. The fourth-order valence-corrected chi connectivity index (χ4v) is 1.93. The Morgan fingerprint density at radius 3 is 2.35 bits per heavy atom. The van der Waals surface area contributed by atoms with Gasteiger partial charge in [0.1, 0.15) is 5.75 Å². The van der Waals surface area contributed by atoms with E-state index in [0.717, 1.165) is 17.7 Å². The van der Waals surface area contributed by atoms with Crippen molar-refractivity contribution in [2.24, 2.45) is 0 Å². The minimum absolute atomic E-state index is 0.145. The van der Waals surface area contributed by atoms with Gasteiger partial charge in [-0.1, -0.05) is 12.1 Å². The topological polar surface area (TPSA) is 64.6 Å². The van der Waals surface area contributed by atoms with Crippen LogP contribution in [0.2, 0.25) is 0 Å². The Morgan fingerprint density at radius 1 is 1.20 bits per heavy atom. The summed E-state index contributed by atoms with van der Waals surface area (Å²) in [6, 6.07) is 7.53. The van der Waals surface area contributed by atoms with Gasteiger partial charge >= 0.3 is 5.97 Å². The molecule has 1 amide bonds. The normalized spacial score (nSPS) is 11.6. The number of carbonyl (C=O) groups excluding carboxylic acids is 2. The number of esters is 1. The minimum Gasteiger partial charge on any atom is -0.497 e. The van der Waals surface area contributed by atoms with Crippen LogP contribution in [0.5, 0.6) is 5.75 Å². The molecule has 110 valence electrons. The number of ether oxygens (including phenoxy) is 2. The van der Waals surface area contributed by atoms with E-state index in [1.165, 1.54) is 14.0 Å². The maximum atomic E-state index is 11.3. The average molecular weight is 279 g/mol. The molecule has 1 aromatic carbocycles. The Labute approximate surface area is 119 Å². The Balaban J connectivity index is 2.55. The van der Waals surface area contributed by atoms with Gasteiger partial charge in [-0.2, -0.15) is 0 Å². The lowest BCUT2D eigenvalue weighted by Crippen LogP contribution is -2.35. The fourth-order valence-electron chi connectivity index (χ4n) is 1.93. The highest BCUT2D eigenvalue weighted by molar-refractivity contribution is 5.75. The zero-order valence-electron chi connectivity index (χ0n) is 12.1. The first-order valence-corrected chi connectivity index (χ1v) is 6.52. The minimum atomic E-state index is -0.321. The van der Waals surface area contributed by atoms with Crippen LogP contribution in [0.3, 0.4) is 0 Å². The summed E-state index contributed by atoms with van der Waals surface area (Å²) >= 11 is 0. The molecule has 0 aliphatic carbocycles. The predicted molar refractivity (Wildman–Crippen MR) is 75.6 cm³/mol. The standard InChI is InChI=1S/C15H21NO4/c1-11(17)16-13(10-15(18)20-3)7-4-12-5-8-14(19-2)9-6-12/h5-6,8-9,13H,4,7,10H2,1-3H3,(H,16,17). The van der Waals surface area contributed by atoms with Crippen molar-refractivity contribution in [3.63, 3.8) is 0 Å². The summed E-state index contributed by atoms with van der Waals surface area (Å²) in [5, 5.41) is 2.77. The van der Waals surface area contributed by atoms with Crippen LogP contribution in [0.1, 0.15) is 25.3 Å². The third kappa shape index (κ3) is 5.73. The summed E-state index contributed by atoms with van der Waals surface area (Å²) < 4.78 is 9.73. The Hall–Kier alpha value is -2.04. The number of methoxy groups -OCH3 is 2. The van der Waals surface area contributed by atoms with Crippen molar-refractivity contribution in [2.75, 3.05) is 14.2 Å². The molecule has 0 saturated carbocycles. The van der Waals surface area contributed by atoms with E-state index in [2.05, 4.69) is 10.1 Å². The van der Waals surface area contributed by atoms with Crippen molar-refractivity contribution < 1.29 is 19.1 Å². The molecule has 0 heterocycles. The maximum Gasteiger partial charge on any atom is 0.307 e. The van der Waals surface area contributed by atoms with E-state index in [1.54, 1.807) is 7.11 Å². The molecule has 1 N–H and O–H groups in total. The van der Waals surface area contributed by atoms with E-state index in [9.17, 15) is 9.59 Å². The van der Waals surface area contributed by atoms with E-state index in [0.29, 0.717) is 6.42 Å². The average Bonchev–Trinajstić information content (AvgIpc) is 2.44. The number of benzene rings is 1.